The van der Waals surface area contributed by atoms with Crippen molar-refractivity contribution in [3.05, 3.63) is 35.9 Å². The Morgan fingerprint density at radius 3 is 2.17 bits per heavy atom. The molecule has 0 amide bonds. The van der Waals surface area contributed by atoms with E-state index in [1.54, 1.807) is 0 Å². The van der Waals surface area contributed by atoms with E-state index >= 15 is 0 Å². The first kappa shape index (κ1) is 25.1. The molecule has 3 rings (SSSR count). The molecule has 2 saturated heterocycles. The molecule has 6 nitrogen and oxygen atoms in total. The molecule has 6 heteroatoms. The number of piperidine rings is 1. The Bertz CT molecular complexity index is 593. The average Bonchev–Trinajstić information content (AvgIpc) is 2.67. The minimum atomic E-state index is -0.318. The van der Waals surface area contributed by atoms with Gasteiger partial charge in [-0.1, -0.05) is 37.3 Å². The molecule has 0 bridgehead atoms. The molecule has 2 unspecified atom stereocenters. The largest absolute Gasteiger partial charge is 0.463 e. The highest BCUT2D eigenvalue weighted by atomic mass is 16.5. The minimum absolute atomic E-state index is 0.318. The Hall–Kier alpha value is -1.92. The van der Waals surface area contributed by atoms with Crippen LogP contribution in [0.2, 0.25) is 0 Å². The summed E-state index contributed by atoms with van der Waals surface area (Å²) < 4.78 is 9.09. The molecule has 0 aromatic heterocycles. The van der Waals surface area contributed by atoms with E-state index in [0.717, 1.165) is 11.5 Å². The monoisotopic (exact) mass is 406 g/mol. The summed E-state index contributed by atoms with van der Waals surface area (Å²) in [6.45, 7) is 13.0. The summed E-state index contributed by atoms with van der Waals surface area (Å²) in [7, 11) is 4.53. The molecule has 2 aliphatic rings. The van der Waals surface area contributed by atoms with Crippen molar-refractivity contribution in [3.63, 3.8) is 0 Å². The van der Waals surface area contributed by atoms with Gasteiger partial charge in [0.1, 0.15) is 12.2 Å². The van der Waals surface area contributed by atoms with Crippen molar-refractivity contribution in [2.24, 2.45) is 5.92 Å². The van der Waals surface area contributed by atoms with Gasteiger partial charge in [-0.3, -0.25) is 14.5 Å². The molecule has 2 fully saturated rings. The van der Waals surface area contributed by atoms with Gasteiger partial charge < -0.3 is 14.4 Å². The van der Waals surface area contributed by atoms with E-state index in [0.29, 0.717) is 25.1 Å². The molecule has 0 N–H and O–H groups in total. The molecule has 0 saturated carbocycles. The Morgan fingerprint density at radius 1 is 1.14 bits per heavy atom. The van der Waals surface area contributed by atoms with Crippen LogP contribution in [0.1, 0.15) is 46.1 Å². The third-order valence-electron chi connectivity index (χ3n) is 5.48. The molecule has 2 heterocycles. The molecule has 164 valence electrons. The number of benzene rings is 1. The summed E-state index contributed by atoms with van der Waals surface area (Å²) in [5.41, 5.74) is 1.24. The van der Waals surface area contributed by atoms with Crippen molar-refractivity contribution in [2.75, 3.05) is 33.7 Å². The van der Waals surface area contributed by atoms with Crippen LogP contribution in [0.3, 0.4) is 0 Å². The highest BCUT2D eigenvalue weighted by Crippen LogP contribution is 2.41. The van der Waals surface area contributed by atoms with Crippen molar-refractivity contribution in [1.29, 1.82) is 0 Å². The van der Waals surface area contributed by atoms with Crippen LogP contribution in [0.15, 0.2) is 30.3 Å². The van der Waals surface area contributed by atoms with Gasteiger partial charge in [0.25, 0.3) is 12.9 Å². The smallest absolute Gasteiger partial charge is 0.293 e. The Morgan fingerprint density at radius 2 is 1.79 bits per heavy atom. The van der Waals surface area contributed by atoms with Crippen molar-refractivity contribution < 1.29 is 19.1 Å². The second-order valence-corrected chi connectivity index (χ2v) is 8.95. The molecule has 29 heavy (non-hydrogen) atoms. The maximum Gasteiger partial charge on any atom is 0.293 e. The van der Waals surface area contributed by atoms with Crippen LogP contribution in [0.5, 0.6) is 0 Å². The Kier molecular flexibility index (Phi) is 10.3. The Labute approximate surface area is 176 Å². The summed E-state index contributed by atoms with van der Waals surface area (Å²) in [6, 6.07) is 9.55. The summed E-state index contributed by atoms with van der Waals surface area (Å²) in [6.07, 6.45) is 2.79. The lowest BCUT2D eigenvalue weighted by molar-refractivity contribution is -0.138. The van der Waals surface area contributed by atoms with Crippen molar-refractivity contribution in [1.82, 2.24) is 9.80 Å². The number of ether oxygens (including phenoxy) is 2. The van der Waals surface area contributed by atoms with Gasteiger partial charge in [0, 0.05) is 18.6 Å². The summed E-state index contributed by atoms with van der Waals surface area (Å²) >= 11 is 0. The van der Waals surface area contributed by atoms with Crippen LogP contribution >= 0.6 is 0 Å². The molecule has 0 aliphatic carbocycles. The van der Waals surface area contributed by atoms with E-state index in [1.165, 1.54) is 32.5 Å². The normalized spacial score (nSPS) is 24.1. The number of carbonyl (C=O) groups is 2. The van der Waals surface area contributed by atoms with E-state index in [-0.39, 0.29) is 5.60 Å². The number of hydrogen-bond donors (Lipinski definition) is 0. The van der Waals surface area contributed by atoms with Gasteiger partial charge in [0.2, 0.25) is 0 Å². The summed E-state index contributed by atoms with van der Waals surface area (Å²) in [5.74, 6) is 0.908. The van der Waals surface area contributed by atoms with Crippen molar-refractivity contribution in [3.8, 4) is 0 Å². The third-order valence-corrected chi connectivity index (χ3v) is 5.48. The lowest BCUT2D eigenvalue weighted by Crippen LogP contribution is -2.70. The fraction of sp³-hybridized carbons (Fsp3) is 0.652. The number of nitrogens with zero attached hydrogens (tertiary/aromatic N) is 2. The first-order valence-corrected chi connectivity index (χ1v) is 10.2. The van der Waals surface area contributed by atoms with E-state index < -0.39 is 0 Å². The molecular formula is C23H38N2O4. The standard InChI is InChI=1S/C10H20N2.C8H8O2.C5H10O2/c1-9-7-12(3)10(9)5-4-6-11(2)8-10;9-7-10-6-8-4-2-1-3-5-8;1-5(2,3)7-4-6/h9H,4-8H2,1-3H3;1-5,7H,6H2;4H,1-3H3. The zero-order chi connectivity index (χ0) is 21.9. The summed E-state index contributed by atoms with van der Waals surface area (Å²) in [4.78, 5) is 24.4. The number of carbonyl (C=O) groups excluding carboxylic acids is 2. The fourth-order valence-corrected chi connectivity index (χ4v) is 3.87. The molecular weight excluding hydrogens is 368 g/mol. The Balaban J connectivity index is 0.000000227. The highest BCUT2D eigenvalue weighted by Gasteiger charge is 2.49. The first-order valence-electron chi connectivity index (χ1n) is 10.2. The zero-order valence-corrected chi connectivity index (χ0v) is 18.9. The van der Waals surface area contributed by atoms with Crippen LogP contribution < -0.4 is 0 Å². The SMILES string of the molecule is CC(C)(C)OC=O.CC1CN(C)C12CCCN(C)C2.O=COCc1ccccc1. The molecule has 2 aliphatic heterocycles. The fourth-order valence-electron chi connectivity index (χ4n) is 3.87. The molecule has 1 aromatic rings. The lowest BCUT2D eigenvalue weighted by atomic mass is 9.70. The third kappa shape index (κ3) is 8.54. The van der Waals surface area contributed by atoms with Gasteiger partial charge in [-0.25, -0.2) is 0 Å². The maximum atomic E-state index is 9.76. The molecule has 1 aromatic carbocycles. The second-order valence-electron chi connectivity index (χ2n) is 8.95. The average molecular weight is 407 g/mol. The van der Waals surface area contributed by atoms with Gasteiger partial charge in [-0.05, 0) is 65.7 Å². The minimum Gasteiger partial charge on any atom is -0.463 e. The van der Waals surface area contributed by atoms with Gasteiger partial charge in [0.15, 0.2) is 0 Å². The van der Waals surface area contributed by atoms with Crippen LogP contribution in [-0.2, 0) is 25.7 Å². The molecule has 0 radical (unpaired) electrons. The van der Waals surface area contributed by atoms with Crippen LogP contribution in [0.25, 0.3) is 0 Å². The van der Waals surface area contributed by atoms with E-state index in [9.17, 15) is 9.59 Å². The number of hydrogen-bond acceptors (Lipinski definition) is 6. The van der Waals surface area contributed by atoms with Crippen molar-refractivity contribution in [2.45, 2.75) is 58.3 Å². The van der Waals surface area contributed by atoms with E-state index in [2.05, 4.69) is 40.3 Å². The van der Waals surface area contributed by atoms with Crippen molar-refractivity contribution >= 4 is 12.9 Å². The molecule has 2 atom stereocenters. The number of likely N-dealkylation sites (tertiary alicyclic amines) is 2. The predicted octanol–water partition coefficient (Wildman–Crippen LogP) is 3.35. The lowest BCUT2D eigenvalue weighted by Gasteiger charge is -2.60. The highest BCUT2D eigenvalue weighted by molar-refractivity contribution is 5.38. The van der Waals surface area contributed by atoms with Gasteiger partial charge in [0.05, 0.1) is 0 Å². The second kappa shape index (κ2) is 11.9. The summed E-state index contributed by atoms with van der Waals surface area (Å²) in [5, 5.41) is 0. The van der Waals surface area contributed by atoms with Crippen LogP contribution in [-0.4, -0.2) is 67.6 Å². The van der Waals surface area contributed by atoms with Gasteiger partial charge in [-0.15, -0.1) is 0 Å². The predicted molar refractivity (Wildman–Crippen MR) is 115 cm³/mol. The van der Waals surface area contributed by atoms with Crippen LogP contribution in [0, 0.1) is 5.92 Å². The maximum absolute atomic E-state index is 9.76. The van der Waals surface area contributed by atoms with Crippen LogP contribution in [0.4, 0.5) is 0 Å². The van der Waals surface area contributed by atoms with Gasteiger partial charge >= 0.3 is 0 Å². The first-order chi connectivity index (χ1) is 13.6. The van der Waals surface area contributed by atoms with Gasteiger partial charge in [-0.2, -0.15) is 0 Å². The van der Waals surface area contributed by atoms with E-state index in [4.69, 9.17) is 0 Å². The molecule has 1 spiro atoms. The van der Waals surface area contributed by atoms with E-state index in [1.807, 2.05) is 51.1 Å². The zero-order valence-electron chi connectivity index (χ0n) is 18.9. The number of rotatable bonds is 4. The number of likely N-dealkylation sites (N-methyl/N-ethyl adjacent to an activating group) is 2. The quantitative estimate of drug-likeness (QED) is 0.715. The topological polar surface area (TPSA) is 59.1 Å².